The summed E-state index contributed by atoms with van der Waals surface area (Å²) < 4.78 is 29.4. The van der Waals surface area contributed by atoms with Gasteiger partial charge in [-0.05, 0) is 31.0 Å². The molecule has 0 aliphatic carbocycles. The monoisotopic (exact) mass is 311 g/mol. The van der Waals surface area contributed by atoms with Gasteiger partial charge in [-0.3, -0.25) is 4.72 Å². The first-order valence-corrected chi connectivity index (χ1v) is 9.14. The van der Waals surface area contributed by atoms with Crippen molar-refractivity contribution in [1.82, 2.24) is 9.62 Å². The third-order valence-electron chi connectivity index (χ3n) is 3.73. The molecule has 2 rings (SSSR count). The Kier molecular flexibility index (Phi) is 6.02. The van der Waals surface area contributed by atoms with Crippen molar-refractivity contribution in [2.45, 2.75) is 39.2 Å². The third kappa shape index (κ3) is 4.69. The SMILES string of the molecule is CCNCc1ccccc1NS(=O)(=O)N1CCCCCC1. The van der Waals surface area contributed by atoms with Crippen LogP contribution in [0.2, 0.25) is 0 Å². The van der Waals surface area contributed by atoms with Gasteiger partial charge in [0.2, 0.25) is 0 Å². The molecule has 0 radical (unpaired) electrons. The van der Waals surface area contributed by atoms with Gasteiger partial charge in [0, 0.05) is 19.6 Å². The highest BCUT2D eigenvalue weighted by atomic mass is 32.2. The number of nitrogens with zero attached hydrogens (tertiary/aromatic N) is 1. The van der Waals surface area contributed by atoms with Gasteiger partial charge < -0.3 is 5.32 Å². The largest absolute Gasteiger partial charge is 0.313 e. The minimum atomic E-state index is -3.45. The molecule has 2 N–H and O–H groups in total. The number of rotatable bonds is 6. The van der Waals surface area contributed by atoms with E-state index in [0.29, 0.717) is 25.3 Å². The minimum absolute atomic E-state index is 0.616. The first-order valence-electron chi connectivity index (χ1n) is 7.70. The van der Waals surface area contributed by atoms with Gasteiger partial charge >= 0.3 is 10.2 Å². The topological polar surface area (TPSA) is 61.4 Å². The zero-order valence-corrected chi connectivity index (χ0v) is 13.5. The zero-order valence-electron chi connectivity index (χ0n) is 12.6. The summed E-state index contributed by atoms with van der Waals surface area (Å²) >= 11 is 0. The lowest BCUT2D eigenvalue weighted by molar-refractivity contribution is 0.427. The fourth-order valence-electron chi connectivity index (χ4n) is 2.52. The molecule has 5 nitrogen and oxygen atoms in total. The maximum absolute atomic E-state index is 12.5. The highest BCUT2D eigenvalue weighted by molar-refractivity contribution is 7.90. The third-order valence-corrected chi connectivity index (χ3v) is 5.25. The van der Waals surface area contributed by atoms with E-state index in [2.05, 4.69) is 10.0 Å². The van der Waals surface area contributed by atoms with Crippen molar-refractivity contribution in [3.8, 4) is 0 Å². The van der Waals surface area contributed by atoms with Gasteiger partial charge in [-0.1, -0.05) is 38.0 Å². The average Bonchev–Trinajstić information content (AvgIpc) is 2.76. The predicted molar refractivity (Wildman–Crippen MR) is 86.4 cm³/mol. The maximum Gasteiger partial charge on any atom is 0.301 e. The van der Waals surface area contributed by atoms with Gasteiger partial charge in [0.1, 0.15) is 0 Å². The molecule has 1 aromatic rings. The Morgan fingerprint density at radius 1 is 1.10 bits per heavy atom. The van der Waals surface area contributed by atoms with Gasteiger partial charge in [0.15, 0.2) is 0 Å². The first-order chi connectivity index (χ1) is 10.1. The molecule has 1 heterocycles. The summed E-state index contributed by atoms with van der Waals surface area (Å²) in [5.41, 5.74) is 1.64. The van der Waals surface area contributed by atoms with Gasteiger partial charge in [0.05, 0.1) is 5.69 Å². The molecule has 1 aliphatic rings. The minimum Gasteiger partial charge on any atom is -0.313 e. The number of nitrogens with one attached hydrogen (secondary N) is 2. The van der Waals surface area contributed by atoms with E-state index in [1.807, 2.05) is 31.2 Å². The van der Waals surface area contributed by atoms with Gasteiger partial charge in [-0.15, -0.1) is 0 Å². The predicted octanol–water partition coefficient (Wildman–Crippen LogP) is 2.33. The molecular weight excluding hydrogens is 286 g/mol. The fraction of sp³-hybridized carbons (Fsp3) is 0.600. The van der Waals surface area contributed by atoms with E-state index in [1.165, 1.54) is 0 Å². The summed E-state index contributed by atoms with van der Waals surface area (Å²) in [5, 5.41) is 3.23. The van der Waals surface area contributed by atoms with Gasteiger partial charge in [-0.2, -0.15) is 12.7 Å². The van der Waals surface area contributed by atoms with E-state index >= 15 is 0 Å². The van der Waals surface area contributed by atoms with Crippen LogP contribution in [0.4, 0.5) is 5.69 Å². The van der Waals surface area contributed by atoms with Crippen LogP contribution in [0.5, 0.6) is 0 Å². The number of benzene rings is 1. The van der Waals surface area contributed by atoms with Crippen LogP contribution in [-0.4, -0.2) is 32.4 Å². The second-order valence-electron chi connectivity index (χ2n) is 5.36. The second-order valence-corrected chi connectivity index (χ2v) is 7.03. The normalized spacial score (nSPS) is 17.4. The van der Waals surface area contributed by atoms with Crippen molar-refractivity contribution >= 4 is 15.9 Å². The summed E-state index contributed by atoms with van der Waals surface area (Å²) in [6.45, 7) is 4.78. The highest BCUT2D eigenvalue weighted by Gasteiger charge is 2.23. The van der Waals surface area contributed by atoms with Crippen LogP contribution in [0.1, 0.15) is 38.2 Å². The van der Waals surface area contributed by atoms with E-state index in [-0.39, 0.29) is 0 Å². The number of anilines is 1. The Hall–Kier alpha value is -1.11. The lowest BCUT2D eigenvalue weighted by atomic mass is 10.2. The highest BCUT2D eigenvalue weighted by Crippen LogP contribution is 2.20. The Balaban J connectivity index is 2.12. The summed E-state index contributed by atoms with van der Waals surface area (Å²) in [6.07, 6.45) is 4.12. The van der Waals surface area contributed by atoms with Crippen LogP contribution in [0.15, 0.2) is 24.3 Å². The van der Waals surface area contributed by atoms with Crippen molar-refractivity contribution in [3.63, 3.8) is 0 Å². The van der Waals surface area contributed by atoms with Crippen LogP contribution < -0.4 is 10.0 Å². The Labute approximate surface area is 127 Å². The molecule has 0 amide bonds. The van der Waals surface area contributed by atoms with Crippen LogP contribution in [0, 0.1) is 0 Å². The number of hydrogen-bond donors (Lipinski definition) is 2. The van der Waals surface area contributed by atoms with E-state index < -0.39 is 10.2 Å². The quantitative estimate of drug-likeness (QED) is 0.847. The van der Waals surface area contributed by atoms with Crippen LogP contribution >= 0.6 is 0 Å². The maximum atomic E-state index is 12.5. The molecule has 0 bridgehead atoms. The molecule has 21 heavy (non-hydrogen) atoms. The Bertz CT molecular complexity index is 538. The van der Waals surface area contributed by atoms with E-state index in [4.69, 9.17) is 0 Å². The molecule has 1 aromatic carbocycles. The summed E-state index contributed by atoms with van der Waals surface area (Å²) in [7, 11) is -3.45. The van der Waals surface area contributed by atoms with Crippen molar-refractivity contribution in [1.29, 1.82) is 0 Å². The van der Waals surface area contributed by atoms with E-state index in [0.717, 1.165) is 37.8 Å². The van der Waals surface area contributed by atoms with E-state index in [1.54, 1.807) is 4.31 Å². The smallest absolute Gasteiger partial charge is 0.301 e. The second kappa shape index (κ2) is 7.77. The molecule has 0 spiro atoms. The molecular formula is C15H25N3O2S. The van der Waals surface area contributed by atoms with Crippen molar-refractivity contribution in [2.24, 2.45) is 0 Å². The standard InChI is InChI=1S/C15H25N3O2S/c1-2-16-13-14-9-5-6-10-15(14)17-21(19,20)18-11-7-3-4-8-12-18/h5-6,9-10,16-17H,2-4,7-8,11-13H2,1H3. The van der Waals surface area contributed by atoms with Crippen LogP contribution in [0.3, 0.4) is 0 Å². The summed E-state index contributed by atoms with van der Waals surface area (Å²) in [5.74, 6) is 0. The molecule has 6 heteroatoms. The van der Waals surface area contributed by atoms with Gasteiger partial charge in [0.25, 0.3) is 0 Å². The fourth-order valence-corrected chi connectivity index (χ4v) is 3.86. The van der Waals surface area contributed by atoms with Crippen LogP contribution in [0.25, 0.3) is 0 Å². The Morgan fingerprint density at radius 3 is 2.43 bits per heavy atom. The molecule has 1 fully saturated rings. The van der Waals surface area contributed by atoms with Gasteiger partial charge in [-0.25, -0.2) is 0 Å². The molecule has 1 aliphatic heterocycles. The lowest BCUT2D eigenvalue weighted by Crippen LogP contribution is -2.36. The Morgan fingerprint density at radius 2 is 1.76 bits per heavy atom. The molecule has 118 valence electrons. The lowest BCUT2D eigenvalue weighted by Gasteiger charge is -2.22. The van der Waals surface area contributed by atoms with Crippen molar-refractivity contribution in [3.05, 3.63) is 29.8 Å². The zero-order chi connectivity index (χ0) is 15.1. The molecule has 1 saturated heterocycles. The molecule has 0 aromatic heterocycles. The number of para-hydroxylation sites is 1. The summed E-state index contributed by atoms with van der Waals surface area (Å²) in [6, 6.07) is 7.55. The summed E-state index contributed by atoms with van der Waals surface area (Å²) in [4.78, 5) is 0. The van der Waals surface area contributed by atoms with Crippen molar-refractivity contribution in [2.75, 3.05) is 24.4 Å². The van der Waals surface area contributed by atoms with E-state index in [9.17, 15) is 8.42 Å². The molecule has 0 saturated carbocycles. The number of hydrogen-bond acceptors (Lipinski definition) is 3. The average molecular weight is 311 g/mol. The van der Waals surface area contributed by atoms with Crippen molar-refractivity contribution < 1.29 is 8.42 Å². The first kappa shape index (κ1) is 16.3. The molecule has 0 unspecified atom stereocenters. The molecule has 0 atom stereocenters. The van der Waals surface area contributed by atoms with Crippen LogP contribution in [-0.2, 0) is 16.8 Å².